The van der Waals surface area contributed by atoms with Gasteiger partial charge in [0.25, 0.3) is 0 Å². The van der Waals surface area contributed by atoms with E-state index in [0.717, 1.165) is 12.0 Å². The van der Waals surface area contributed by atoms with Crippen molar-refractivity contribution in [1.82, 2.24) is 0 Å². The lowest BCUT2D eigenvalue weighted by atomic mass is 10.0. The van der Waals surface area contributed by atoms with Gasteiger partial charge in [-0.2, -0.15) is 13.2 Å². The number of hydrogen-bond acceptors (Lipinski definition) is 1. The summed E-state index contributed by atoms with van der Waals surface area (Å²) >= 11 is -0.0580. The van der Waals surface area contributed by atoms with Crippen molar-refractivity contribution in [3.63, 3.8) is 0 Å². The maximum absolute atomic E-state index is 12.1. The topological polar surface area (TPSA) is 0 Å². The van der Waals surface area contributed by atoms with Gasteiger partial charge in [0.15, 0.2) is 0 Å². The average molecular weight is 234 g/mol. The Balaban J connectivity index is 2.74. The Morgan fingerprint density at radius 1 is 1.27 bits per heavy atom. The van der Waals surface area contributed by atoms with Gasteiger partial charge in [-0.3, -0.25) is 0 Å². The van der Waals surface area contributed by atoms with Crippen molar-refractivity contribution in [3.8, 4) is 0 Å². The van der Waals surface area contributed by atoms with E-state index in [1.54, 1.807) is 12.1 Å². The minimum atomic E-state index is -4.20. The molecule has 0 nitrogen and oxygen atoms in total. The van der Waals surface area contributed by atoms with E-state index in [4.69, 9.17) is 0 Å². The molecule has 0 unspecified atom stereocenters. The number of benzene rings is 1. The predicted octanol–water partition coefficient (Wildman–Crippen LogP) is 4.50. The SMILES string of the molecule is CC(C)Cc1cccc(SC(F)(F)F)c1. The predicted molar refractivity (Wildman–Crippen MR) is 56.9 cm³/mol. The number of thioether (sulfide) groups is 1. The molecule has 0 aromatic heterocycles. The molecule has 0 aliphatic heterocycles. The molecular formula is C11H13F3S. The van der Waals surface area contributed by atoms with Crippen LogP contribution in [-0.4, -0.2) is 5.51 Å². The van der Waals surface area contributed by atoms with E-state index < -0.39 is 5.51 Å². The van der Waals surface area contributed by atoms with Crippen LogP contribution in [0.4, 0.5) is 13.2 Å². The number of halogens is 3. The van der Waals surface area contributed by atoms with Gasteiger partial charge in [0.05, 0.1) is 0 Å². The van der Waals surface area contributed by atoms with Crippen molar-refractivity contribution >= 4 is 11.8 Å². The van der Waals surface area contributed by atoms with E-state index in [1.807, 2.05) is 19.9 Å². The molecule has 84 valence electrons. The highest BCUT2D eigenvalue weighted by Crippen LogP contribution is 2.37. The van der Waals surface area contributed by atoms with Crippen LogP contribution in [-0.2, 0) is 6.42 Å². The summed E-state index contributed by atoms with van der Waals surface area (Å²) < 4.78 is 36.3. The zero-order valence-corrected chi connectivity index (χ0v) is 9.45. The third kappa shape index (κ3) is 5.11. The van der Waals surface area contributed by atoms with Gasteiger partial charge in [-0.25, -0.2) is 0 Å². The van der Waals surface area contributed by atoms with E-state index in [1.165, 1.54) is 6.07 Å². The molecule has 0 aliphatic rings. The second kappa shape index (κ2) is 4.92. The van der Waals surface area contributed by atoms with E-state index in [9.17, 15) is 13.2 Å². The standard InChI is InChI=1S/C11H13F3S/c1-8(2)6-9-4-3-5-10(7-9)15-11(12,13)14/h3-5,7-8H,6H2,1-2H3. The summed E-state index contributed by atoms with van der Waals surface area (Å²) in [5, 5.41) is 0. The summed E-state index contributed by atoms with van der Waals surface area (Å²) in [6, 6.07) is 6.63. The van der Waals surface area contributed by atoms with Gasteiger partial charge in [-0.05, 0) is 41.8 Å². The van der Waals surface area contributed by atoms with Crippen molar-refractivity contribution in [2.45, 2.75) is 30.7 Å². The van der Waals surface area contributed by atoms with Crippen LogP contribution in [0.1, 0.15) is 19.4 Å². The summed E-state index contributed by atoms with van der Waals surface area (Å²) in [4.78, 5) is 0.264. The fourth-order valence-corrected chi connectivity index (χ4v) is 1.97. The second-order valence-corrected chi connectivity index (χ2v) is 4.93. The molecule has 0 heterocycles. The van der Waals surface area contributed by atoms with Crippen LogP contribution in [0.2, 0.25) is 0 Å². The highest BCUT2D eigenvalue weighted by molar-refractivity contribution is 8.00. The fourth-order valence-electron chi connectivity index (χ4n) is 1.34. The van der Waals surface area contributed by atoms with Gasteiger partial charge in [-0.1, -0.05) is 26.0 Å². The molecule has 0 spiro atoms. The smallest absolute Gasteiger partial charge is 0.160 e. The Kier molecular flexibility index (Phi) is 4.08. The summed E-state index contributed by atoms with van der Waals surface area (Å²) in [7, 11) is 0. The molecule has 1 rings (SSSR count). The monoisotopic (exact) mass is 234 g/mol. The van der Waals surface area contributed by atoms with Crippen molar-refractivity contribution in [2.75, 3.05) is 0 Å². The molecule has 0 N–H and O–H groups in total. The Hall–Kier alpha value is -0.640. The first kappa shape index (κ1) is 12.4. The molecule has 15 heavy (non-hydrogen) atoms. The zero-order chi connectivity index (χ0) is 11.5. The first-order chi connectivity index (χ1) is 6.87. The quantitative estimate of drug-likeness (QED) is 0.694. The fraction of sp³-hybridized carbons (Fsp3) is 0.455. The average Bonchev–Trinajstić information content (AvgIpc) is 1.99. The lowest BCUT2D eigenvalue weighted by molar-refractivity contribution is -0.0328. The van der Waals surface area contributed by atoms with Gasteiger partial charge in [-0.15, -0.1) is 0 Å². The van der Waals surface area contributed by atoms with Crippen LogP contribution in [0.5, 0.6) is 0 Å². The zero-order valence-electron chi connectivity index (χ0n) is 8.64. The molecule has 0 amide bonds. The van der Waals surface area contributed by atoms with E-state index >= 15 is 0 Å². The normalized spacial score (nSPS) is 12.1. The Morgan fingerprint density at radius 3 is 2.47 bits per heavy atom. The van der Waals surface area contributed by atoms with Gasteiger partial charge in [0.2, 0.25) is 0 Å². The van der Waals surface area contributed by atoms with Crippen LogP contribution < -0.4 is 0 Å². The Morgan fingerprint density at radius 2 is 1.93 bits per heavy atom. The van der Waals surface area contributed by atoms with E-state index in [0.29, 0.717) is 5.92 Å². The molecule has 4 heteroatoms. The molecule has 0 fully saturated rings. The Labute approximate surface area is 91.9 Å². The summed E-state index contributed by atoms with van der Waals surface area (Å²) in [6.45, 7) is 4.09. The van der Waals surface area contributed by atoms with Crippen molar-refractivity contribution < 1.29 is 13.2 Å². The molecule has 1 aromatic carbocycles. The van der Waals surface area contributed by atoms with Crippen molar-refractivity contribution in [3.05, 3.63) is 29.8 Å². The van der Waals surface area contributed by atoms with Crippen LogP contribution in [0.25, 0.3) is 0 Å². The molecule has 1 aromatic rings. The number of rotatable bonds is 3. The molecule has 0 aliphatic carbocycles. The van der Waals surface area contributed by atoms with Gasteiger partial charge in [0.1, 0.15) is 0 Å². The maximum atomic E-state index is 12.1. The van der Waals surface area contributed by atoms with Crippen LogP contribution in [0.3, 0.4) is 0 Å². The minimum Gasteiger partial charge on any atom is -0.160 e. The largest absolute Gasteiger partial charge is 0.446 e. The molecule has 0 atom stereocenters. The van der Waals surface area contributed by atoms with Crippen LogP contribution >= 0.6 is 11.8 Å². The van der Waals surface area contributed by atoms with Gasteiger partial charge < -0.3 is 0 Å². The lowest BCUT2D eigenvalue weighted by Crippen LogP contribution is -2.00. The first-order valence-electron chi connectivity index (χ1n) is 4.71. The lowest BCUT2D eigenvalue weighted by Gasteiger charge is -2.08. The summed E-state index contributed by atoms with van der Waals surface area (Å²) in [5.41, 5.74) is -3.24. The molecule has 0 saturated heterocycles. The molecule has 0 saturated carbocycles. The minimum absolute atomic E-state index is 0.0580. The third-order valence-electron chi connectivity index (χ3n) is 1.78. The third-order valence-corrected chi connectivity index (χ3v) is 2.50. The maximum Gasteiger partial charge on any atom is 0.446 e. The molecule has 0 bridgehead atoms. The molecular weight excluding hydrogens is 221 g/mol. The van der Waals surface area contributed by atoms with E-state index in [-0.39, 0.29) is 16.7 Å². The van der Waals surface area contributed by atoms with Crippen LogP contribution in [0.15, 0.2) is 29.2 Å². The van der Waals surface area contributed by atoms with Crippen LogP contribution in [0, 0.1) is 5.92 Å². The summed E-state index contributed by atoms with van der Waals surface area (Å²) in [6.07, 6.45) is 0.812. The van der Waals surface area contributed by atoms with Gasteiger partial charge in [0, 0.05) is 4.90 Å². The highest BCUT2D eigenvalue weighted by atomic mass is 32.2. The summed E-state index contributed by atoms with van der Waals surface area (Å²) in [5.74, 6) is 0.455. The highest BCUT2D eigenvalue weighted by Gasteiger charge is 2.29. The number of hydrogen-bond donors (Lipinski definition) is 0. The number of alkyl halides is 3. The molecule has 0 radical (unpaired) electrons. The first-order valence-corrected chi connectivity index (χ1v) is 5.53. The Bertz CT molecular complexity index is 318. The van der Waals surface area contributed by atoms with Crippen molar-refractivity contribution in [1.29, 1.82) is 0 Å². The second-order valence-electron chi connectivity index (χ2n) is 3.79. The van der Waals surface area contributed by atoms with E-state index in [2.05, 4.69) is 0 Å². The van der Waals surface area contributed by atoms with Gasteiger partial charge >= 0.3 is 5.51 Å². The van der Waals surface area contributed by atoms with Crippen molar-refractivity contribution in [2.24, 2.45) is 5.92 Å².